The monoisotopic (exact) mass is 581 g/mol. The summed E-state index contributed by atoms with van der Waals surface area (Å²) in [6.45, 7) is -0.446. The molecule has 41 heavy (non-hydrogen) atoms. The van der Waals surface area contributed by atoms with Crippen LogP contribution in [0.3, 0.4) is 0 Å². The Balaban J connectivity index is 1.24. The highest BCUT2D eigenvalue weighted by Crippen LogP contribution is 2.69. The molecule has 2 atom stereocenters. The van der Waals surface area contributed by atoms with Crippen LogP contribution in [-0.4, -0.2) is 30.2 Å². The second kappa shape index (κ2) is 9.13. The number of ether oxygens (including phenoxy) is 1. The largest absolute Gasteiger partial charge is 0.454 e. The van der Waals surface area contributed by atoms with Gasteiger partial charge in [0, 0.05) is 5.56 Å². The summed E-state index contributed by atoms with van der Waals surface area (Å²) in [5.41, 5.74) is 3.55. The molecule has 2 bridgehead atoms. The van der Waals surface area contributed by atoms with Crippen molar-refractivity contribution in [1.82, 2.24) is 0 Å². The van der Waals surface area contributed by atoms with Crippen LogP contribution in [0.15, 0.2) is 103 Å². The third-order valence-electron chi connectivity index (χ3n) is 8.36. The first-order chi connectivity index (χ1) is 19.8. The minimum absolute atomic E-state index is 0.0922. The zero-order valence-electron chi connectivity index (χ0n) is 21.4. The molecule has 1 saturated heterocycles. The first-order valence-electron chi connectivity index (χ1n) is 13.1. The molecule has 3 aliphatic carbocycles. The van der Waals surface area contributed by atoms with Gasteiger partial charge in [0.05, 0.1) is 23.1 Å². The second-order valence-corrected chi connectivity index (χ2v) is 11.6. The average Bonchev–Trinajstić information content (AvgIpc) is 3.29. The molecule has 8 heteroatoms. The smallest absolute Gasteiger partial charge is 0.338 e. The predicted molar refractivity (Wildman–Crippen MR) is 153 cm³/mol. The van der Waals surface area contributed by atoms with Gasteiger partial charge in [0.2, 0.25) is 11.8 Å². The quantitative estimate of drug-likeness (QED) is 0.128. The van der Waals surface area contributed by atoms with Crippen molar-refractivity contribution in [1.29, 1.82) is 0 Å². The minimum Gasteiger partial charge on any atom is -0.454 e. The Bertz CT molecular complexity index is 1660. The first-order valence-corrected chi connectivity index (χ1v) is 13.8. The van der Waals surface area contributed by atoms with Crippen molar-refractivity contribution in [3.05, 3.63) is 137 Å². The van der Waals surface area contributed by atoms with Gasteiger partial charge in [-0.05, 0) is 40.5 Å². The molecular weight excluding hydrogens is 561 g/mol. The molecule has 0 radical (unpaired) electrons. The number of esters is 1. The number of carbonyl (C=O) groups is 4. The zero-order chi connectivity index (χ0) is 28.5. The number of Topliss-reactive ketones (excluding diaryl/α,β-unsaturated/α-hetero) is 1. The molecule has 0 saturated carbocycles. The lowest BCUT2D eigenvalue weighted by Crippen LogP contribution is -2.57. The molecule has 1 aliphatic heterocycles. The molecule has 0 unspecified atom stereocenters. The lowest BCUT2D eigenvalue weighted by molar-refractivity contribution is -0.122. The van der Waals surface area contributed by atoms with Crippen molar-refractivity contribution in [2.24, 2.45) is 11.8 Å². The number of benzene rings is 4. The number of hydrogen-bond donors (Lipinski definition) is 0. The fourth-order valence-corrected chi connectivity index (χ4v) is 7.71. The number of imide groups is 1. The van der Waals surface area contributed by atoms with Crippen LogP contribution >= 0.6 is 23.2 Å². The van der Waals surface area contributed by atoms with Gasteiger partial charge in [-0.25, -0.2) is 9.69 Å². The van der Waals surface area contributed by atoms with Crippen LogP contribution in [0, 0.1) is 11.8 Å². The highest BCUT2D eigenvalue weighted by molar-refractivity contribution is 6.38. The summed E-state index contributed by atoms with van der Waals surface area (Å²) in [6, 6.07) is 29.4. The van der Waals surface area contributed by atoms with Gasteiger partial charge in [-0.1, -0.05) is 84.9 Å². The number of rotatable bonds is 5. The summed E-state index contributed by atoms with van der Waals surface area (Å²) in [4.78, 5) is 52.1. The lowest BCUT2D eigenvalue weighted by Gasteiger charge is -2.54. The fraction of sp³-hybridized carbons (Fsp3) is 0.152. The summed E-state index contributed by atoms with van der Waals surface area (Å²) in [7, 11) is 0. The van der Waals surface area contributed by atoms with Gasteiger partial charge in [0.25, 0.3) is 0 Å². The summed E-state index contributed by atoms with van der Waals surface area (Å²) in [6.07, 6.45) is 0. The van der Waals surface area contributed by atoms with Crippen LogP contribution in [0.1, 0.15) is 43.0 Å². The van der Waals surface area contributed by atoms with Gasteiger partial charge in [0.1, 0.15) is 9.75 Å². The van der Waals surface area contributed by atoms with Crippen LogP contribution < -0.4 is 4.90 Å². The molecule has 0 N–H and O–H groups in total. The van der Waals surface area contributed by atoms with E-state index in [0.717, 1.165) is 4.90 Å². The van der Waals surface area contributed by atoms with Crippen molar-refractivity contribution in [3.8, 4) is 0 Å². The first kappa shape index (κ1) is 25.7. The Morgan fingerprint density at radius 1 is 0.659 bits per heavy atom. The van der Waals surface area contributed by atoms with Gasteiger partial charge in [-0.2, -0.15) is 0 Å². The van der Waals surface area contributed by atoms with Gasteiger partial charge in [0.15, 0.2) is 12.4 Å². The molecule has 8 rings (SSSR count). The molecule has 2 amide bonds. The summed E-state index contributed by atoms with van der Waals surface area (Å²) < 4.78 is 5.25. The molecule has 4 aromatic carbocycles. The van der Waals surface area contributed by atoms with E-state index in [1.54, 1.807) is 42.5 Å². The molecule has 1 fully saturated rings. The molecular formula is C33H21Cl2NO5. The number of carbonyl (C=O) groups excluding carboxylic acids is 4. The van der Waals surface area contributed by atoms with Crippen LogP contribution in [0.25, 0.3) is 0 Å². The standard InChI is InChI=1S/C33H21Cl2NO5/c34-32-22-13-4-5-14-23(22)33(35,25-16-7-6-15-24(25)32)28-27(32)29(38)36(30(28)39)21-12-8-11-20(17-21)31(40)41-18-26(37)19-9-2-1-3-10-19/h1-17,27-28H,18H2/t27-,28-,32?,33?/m1/s1. The van der Waals surface area contributed by atoms with E-state index < -0.39 is 46.0 Å². The maximum atomic E-state index is 14.2. The van der Waals surface area contributed by atoms with Gasteiger partial charge in [-0.3, -0.25) is 14.4 Å². The Labute approximate surface area is 245 Å². The number of ketones is 1. The number of amides is 2. The van der Waals surface area contributed by atoms with E-state index in [2.05, 4.69) is 0 Å². The average molecular weight is 582 g/mol. The molecule has 4 aliphatic rings. The number of anilines is 1. The van der Waals surface area contributed by atoms with Crippen LogP contribution in [0.4, 0.5) is 5.69 Å². The van der Waals surface area contributed by atoms with E-state index in [-0.39, 0.29) is 17.0 Å². The number of alkyl halides is 2. The third kappa shape index (κ3) is 3.44. The maximum absolute atomic E-state index is 14.2. The normalized spacial score (nSPS) is 25.4. The molecule has 4 aromatic rings. The lowest BCUT2D eigenvalue weighted by atomic mass is 9.54. The van der Waals surface area contributed by atoms with Crippen LogP contribution in [0.5, 0.6) is 0 Å². The second-order valence-electron chi connectivity index (χ2n) is 10.4. The van der Waals surface area contributed by atoms with E-state index in [4.69, 9.17) is 27.9 Å². The van der Waals surface area contributed by atoms with Gasteiger partial charge < -0.3 is 4.74 Å². The van der Waals surface area contributed by atoms with Crippen LogP contribution in [-0.2, 0) is 24.1 Å². The highest BCUT2D eigenvalue weighted by Gasteiger charge is 2.73. The molecule has 0 spiro atoms. The predicted octanol–water partition coefficient (Wildman–Crippen LogP) is 5.82. The van der Waals surface area contributed by atoms with Crippen molar-refractivity contribution in [3.63, 3.8) is 0 Å². The van der Waals surface area contributed by atoms with Gasteiger partial charge in [-0.15, -0.1) is 23.2 Å². The Morgan fingerprint density at radius 3 is 1.63 bits per heavy atom. The number of hydrogen-bond acceptors (Lipinski definition) is 5. The van der Waals surface area contributed by atoms with E-state index in [1.807, 2.05) is 48.5 Å². The topological polar surface area (TPSA) is 80.8 Å². The molecule has 6 nitrogen and oxygen atoms in total. The van der Waals surface area contributed by atoms with Crippen molar-refractivity contribution in [2.75, 3.05) is 11.5 Å². The van der Waals surface area contributed by atoms with E-state index >= 15 is 0 Å². The van der Waals surface area contributed by atoms with E-state index in [9.17, 15) is 19.2 Å². The number of halogens is 2. The highest BCUT2D eigenvalue weighted by atomic mass is 35.5. The molecule has 0 aromatic heterocycles. The Kier molecular flexibility index (Phi) is 5.72. The molecule has 1 heterocycles. The van der Waals surface area contributed by atoms with Gasteiger partial charge >= 0.3 is 5.97 Å². The van der Waals surface area contributed by atoms with E-state index in [0.29, 0.717) is 27.8 Å². The summed E-state index contributed by atoms with van der Waals surface area (Å²) in [5, 5.41) is 0. The van der Waals surface area contributed by atoms with Crippen molar-refractivity contribution in [2.45, 2.75) is 9.75 Å². The van der Waals surface area contributed by atoms with Crippen LogP contribution in [0.2, 0.25) is 0 Å². The minimum atomic E-state index is -1.30. The fourth-order valence-electron chi connectivity index (χ4n) is 6.62. The zero-order valence-corrected chi connectivity index (χ0v) is 22.9. The summed E-state index contributed by atoms with van der Waals surface area (Å²) >= 11 is 14.9. The SMILES string of the molecule is O=C(COC(=O)c1cccc(N2C(=O)[C@H]3[C@H](C2=O)C2(Cl)c4ccccc4C3(Cl)c3ccccc32)c1)c1ccccc1. The Morgan fingerprint density at radius 2 is 1.12 bits per heavy atom. The van der Waals surface area contributed by atoms with Crippen molar-refractivity contribution < 1.29 is 23.9 Å². The number of nitrogens with zero attached hydrogens (tertiary/aromatic N) is 1. The Hall–Kier alpha value is -4.26. The summed E-state index contributed by atoms with van der Waals surface area (Å²) in [5.74, 6) is -4.01. The maximum Gasteiger partial charge on any atom is 0.338 e. The molecule has 202 valence electrons. The van der Waals surface area contributed by atoms with E-state index in [1.165, 1.54) is 12.1 Å². The van der Waals surface area contributed by atoms with Crippen molar-refractivity contribution >= 4 is 52.5 Å². The third-order valence-corrected chi connectivity index (χ3v) is 9.64.